The van der Waals surface area contributed by atoms with Gasteiger partial charge < -0.3 is 10.1 Å². The Hall–Kier alpha value is -2.00. The van der Waals surface area contributed by atoms with Gasteiger partial charge in [0.1, 0.15) is 5.82 Å². The number of nitrogens with one attached hydrogen (secondary N) is 1. The van der Waals surface area contributed by atoms with Crippen LogP contribution in [-0.4, -0.2) is 51.3 Å². The van der Waals surface area contributed by atoms with Crippen molar-refractivity contribution in [3.63, 3.8) is 0 Å². The molecule has 1 amide bonds. The lowest BCUT2D eigenvalue weighted by Crippen LogP contribution is -2.42. The second kappa shape index (κ2) is 8.79. The summed E-state index contributed by atoms with van der Waals surface area (Å²) in [5.41, 5.74) is -0.531. The molecule has 0 heterocycles. The second-order valence-corrected chi connectivity index (χ2v) is 9.09. The lowest BCUT2D eigenvalue weighted by molar-refractivity contribution is -0.125. The smallest absolute Gasteiger partial charge is 0.341 e. The van der Waals surface area contributed by atoms with E-state index in [1.54, 1.807) is 0 Å². The lowest BCUT2D eigenvalue weighted by Gasteiger charge is -2.29. The third-order valence-corrected chi connectivity index (χ3v) is 6.54. The Kier molecular flexibility index (Phi) is 6.94. The molecule has 2 atom stereocenters. The zero-order valence-corrected chi connectivity index (χ0v) is 16.5. The van der Waals surface area contributed by atoms with E-state index >= 15 is 0 Å². The molecule has 0 aromatic heterocycles. The van der Waals surface area contributed by atoms with Crippen LogP contribution in [-0.2, 0) is 19.6 Å². The van der Waals surface area contributed by atoms with Crippen LogP contribution in [0.1, 0.15) is 43.0 Å². The number of amides is 1. The Morgan fingerprint density at radius 3 is 2.56 bits per heavy atom. The highest BCUT2D eigenvalue weighted by Crippen LogP contribution is 2.23. The maximum Gasteiger partial charge on any atom is 0.341 e. The molecule has 0 radical (unpaired) electrons. The number of rotatable bonds is 6. The molecule has 0 aliphatic heterocycles. The third-order valence-electron chi connectivity index (χ3n) is 4.73. The number of nitrogens with zero attached hydrogens (tertiary/aromatic N) is 1. The van der Waals surface area contributed by atoms with Crippen LogP contribution in [0.5, 0.6) is 0 Å². The predicted octanol–water partition coefficient (Wildman–Crippen LogP) is 1.93. The maximum absolute atomic E-state index is 13.9. The van der Waals surface area contributed by atoms with Crippen molar-refractivity contribution in [2.45, 2.75) is 43.5 Å². The fourth-order valence-corrected chi connectivity index (χ4v) is 3.95. The standard InChI is InChI=1S/C18H25FN2O5S/c1-12-6-4-5-7-16(12)20-17(22)11-26-18(23)14-10-13(8-9-15(14)19)27(24,25)21(2)3/h8-10,12,16H,4-7,11H2,1-3H3,(H,20,22)/t12-,16-/m1/s1. The van der Waals surface area contributed by atoms with E-state index in [4.69, 9.17) is 4.74 Å². The number of carbonyl (C=O) groups is 2. The monoisotopic (exact) mass is 400 g/mol. The van der Waals surface area contributed by atoms with Crippen molar-refractivity contribution in [1.82, 2.24) is 9.62 Å². The van der Waals surface area contributed by atoms with Crippen LogP contribution < -0.4 is 5.32 Å². The molecule has 7 nitrogen and oxygen atoms in total. The summed E-state index contributed by atoms with van der Waals surface area (Å²) in [7, 11) is -1.17. The first-order valence-corrected chi connectivity index (χ1v) is 10.3. The molecule has 1 aliphatic rings. The van der Waals surface area contributed by atoms with Crippen molar-refractivity contribution in [3.05, 3.63) is 29.6 Å². The highest BCUT2D eigenvalue weighted by atomic mass is 32.2. The molecule has 9 heteroatoms. The zero-order valence-electron chi connectivity index (χ0n) is 15.7. The van der Waals surface area contributed by atoms with Gasteiger partial charge in [0.2, 0.25) is 10.0 Å². The van der Waals surface area contributed by atoms with Crippen molar-refractivity contribution in [2.75, 3.05) is 20.7 Å². The summed E-state index contributed by atoms with van der Waals surface area (Å²) in [5.74, 6) is -2.11. The van der Waals surface area contributed by atoms with Gasteiger partial charge in [-0.15, -0.1) is 0 Å². The topological polar surface area (TPSA) is 92.8 Å². The number of hydrogen-bond acceptors (Lipinski definition) is 5. The van der Waals surface area contributed by atoms with Crippen molar-refractivity contribution >= 4 is 21.9 Å². The quantitative estimate of drug-likeness (QED) is 0.737. The largest absolute Gasteiger partial charge is 0.452 e. The Balaban J connectivity index is 2.02. The van der Waals surface area contributed by atoms with Gasteiger partial charge in [-0.05, 0) is 37.0 Å². The SMILES string of the molecule is C[C@@H]1CCCC[C@H]1NC(=O)COC(=O)c1cc(S(=O)(=O)N(C)C)ccc1F. The van der Waals surface area contributed by atoms with Gasteiger partial charge in [-0.3, -0.25) is 4.79 Å². The van der Waals surface area contributed by atoms with Gasteiger partial charge >= 0.3 is 5.97 Å². The van der Waals surface area contributed by atoms with Crippen molar-refractivity contribution in [1.29, 1.82) is 0 Å². The minimum Gasteiger partial charge on any atom is -0.452 e. The van der Waals surface area contributed by atoms with Gasteiger partial charge in [-0.25, -0.2) is 21.9 Å². The third kappa shape index (κ3) is 5.26. The first-order chi connectivity index (χ1) is 12.6. The first-order valence-electron chi connectivity index (χ1n) is 8.81. The van der Waals surface area contributed by atoms with Crippen LogP contribution >= 0.6 is 0 Å². The molecule has 27 heavy (non-hydrogen) atoms. The van der Waals surface area contributed by atoms with Gasteiger partial charge in [0.05, 0.1) is 10.5 Å². The number of benzene rings is 1. The molecular weight excluding hydrogens is 375 g/mol. The van der Waals surface area contributed by atoms with E-state index in [1.165, 1.54) is 14.1 Å². The number of hydrogen-bond donors (Lipinski definition) is 1. The molecule has 1 fully saturated rings. The summed E-state index contributed by atoms with van der Waals surface area (Å²) in [5, 5.41) is 2.83. The summed E-state index contributed by atoms with van der Waals surface area (Å²) in [6, 6.07) is 2.90. The normalized spacial score (nSPS) is 20.3. The van der Waals surface area contributed by atoms with E-state index in [0.29, 0.717) is 5.92 Å². The van der Waals surface area contributed by atoms with E-state index in [-0.39, 0.29) is 10.9 Å². The number of esters is 1. The van der Waals surface area contributed by atoms with Crippen LogP contribution in [0.2, 0.25) is 0 Å². The van der Waals surface area contributed by atoms with Gasteiger partial charge in [0.15, 0.2) is 6.61 Å². The highest BCUT2D eigenvalue weighted by Gasteiger charge is 2.25. The van der Waals surface area contributed by atoms with Crippen LogP contribution in [0.3, 0.4) is 0 Å². The number of halogens is 1. The van der Waals surface area contributed by atoms with Gasteiger partial charge in [0.25, 0.3) is 5.91 Å². The molecule has 1 N–H and O–H groups in total. The highest BCUT2D eigenvalue weighted by molar-refractivity contribution is 7.89. The average molecular weight is 400 g/mol. The second-order valence-electron chi connectivity index (χ2n) is 6.94. The fourth-order valence-electron chi connectivity index (χ4n) is 3.02. The van der Waals surface area contributed by atoms with E-state index in [9.17, 15) is 22.4 Å². The predicted molar refractivity (Wildman–Crippen MR) is 97.1 cm³/mol. The Morgan fingerprint density at radius 1 is 1.26 bits per heavy atom. The van der Waals surface area contributed by atoms with E-state index in [1.807, 2.05) is 0 Å². The molecule has 0 saturated heterocycles. The van der Waals surface area contributed by atoms with Gasteiger partial charge in [-0.1, -0.05) is 19.8 Å². The van der Waals surface area contributed by atoms with E-state index in [0.717, 1.165) is 48.2 Å². The minimum atomic E-state index is -3.83. The Bertz CT molecular complexity index is 810. The molecular formula is C18H25FN2O5S. The summed E-state index contributed by atoms with van der Waals surface area (Å²) >= 11 is 0. The number of sulfonamides is 1. The molecule has 1 saturated carbocycles. The van der Waals surface area contributed by atoms with E-state index < -0.39 is 39.9 Å². The molecule has 0 unspecified atom stereocenters. The van der Waals surface area contributed by atoms with Gasteiger partial charge in [-0.2, -0.15) is 0 Å². The molecule has 150 valence electrons. The number of ether oxygens (including phenoxy) is 1. The summed E-state index contributed by atoms with van der Waals surface area (Å²) in [6.45, 7) is 1.51. The van der Waals surface area contributed by atoms with Crippen molar-refractivity contribution in [2.24, 2.45) is 5.92 Å². The Labute approximate surface area is 158 Å². The van der Waals surface area contributed by atoms with Crippen LogP contribution in [0.25, 0.3) is 0 Å². The average Bonchev–Trinajstić information content (AvgIpc) is 2.61. The molecule has 0 bridgehead atoms. The van der Waals surface area contributed by atoms with E-state index in [2.05, 4.69) is 12.2 Å². The minimum absolute atomic E-state index is 0.0373. The van der Waals surface area contributed by atoms with Crippen LogP contribution in [0, 0.1) is 11.7 Å². The van der Waals surface area contributed by atoms with Crippen LogP contribution in [0.4, 0.5) is 4.39 Å². The summed E-state index contributed by atoms with van der Waals surface area (Å²) in [6.07, 6.45) is 4.07. The summed E-state index contributed by atoms with van der Waals surface area (Å²) in [4.78, 5) is 23.9. The molecule has 2 rings (SSSR count). The van der Waals surface area contributed by atoms with Crippen molar-refractivity contribution in [3.8, 4) is 0 Å². The van der Waals surface area contributed by atoms with Crippen molar-refractivity contribution < 1.29 is 27.1 Å². The zero-order chi connectivity index (χ0) is 20.2. The molecule has 1 aromatic rings. The summed E-state index contributed by atoms with van der Waals surface area (Å²) < 4.78 is 44.0. The van der Waals surface area contributed by atoms with Gasteiger partial charge in [0, 0.05) is 20.1 Å². The first kappa shape index (κ1) is 21.3. The maximum atomic E-state index is 13.9. The fraction of sp³-hybridized carbons (Fsp3) is 0.556. The molecule has 1 aromatic carbocycles. The molecule has 0 spiro atoms. The molecule has 1 aliphatic carbocycles. The Morgan fingerprint density at radius 2 is 1.93 bits per heavy atom. The van der Waals surface area contributed by atoms with Crippen LogP contribution in [0.15, 0.2) is 23.1 Å². The number of carbonyl (C=O) groups excluding carboxylic acids is 2. The lowest BCUT2D eigenvalue weighted by atomic mass is 9.86.